The van der Waals surface area contributed by atoms with Gasteiger partial charge in [-0.1, -0.05) is 12.1 Å². The molecule has 0 unspecified atom stereocenters. The van der Waals surface area contributed by atoms with Crippen LogP contribution in [0.3, 0.4) is 0 Å². The minimum atomic E-state index is -0.0201. The van der Waals surface area contributed by atoms with Gasteiger partial charge in [0.2, 0.25) is 0 Å². The van der Waals surface area contributed by atoms with Gasteiger partial charge in [0.25, 0.3) is 11.1 Å². The molecule has 0 aliphatic carbocycles. The van der Waals surface area contributed by atoms with Crippen LogP contribution in [0.2, 0.25) is 0 Å². The Morgan fingerprint density at radius 1 is 1.26 bits per heavy atom. The van der Waals surface area contributed by atoms with Gasteiger partial charge in [-0.05, 0) is 12.1 Å². The van der Waals surface area contributed by atoms with Gasteiger partial charge in [0.05, 0.1) is 18.1 Å². The molecule has 5 nitrogen and oxygen atoms in total. The second kappa shape index (κ2) is 3.41. The third-order valence-electron chi connectivity index (χ3n) is 3.37. The summed E-state index contributed by atoms with van der Waals surface area (Å²) in [5, 5.41) is 0. The Morgan fingerprint density at radius 3 is 3.00 bits per heavy atom. The Labute approximate surface area is 107 Å². The lowest BCUT2D eigenvalue weighted by Crippen LogP contribution is -2.31. The molecule has 0 fully saturated rings. The summed E-state index contributed by atoms with van der Waals surface area (Å²) in [6.07, 6.45) is 3.71. The Balaban J connectivity index is 2.32. The molecule has 19 heavy (non-hydrogen) atoms. The minimum Gasteiger partial charge on any atom is -0.349 e. The van der Waals surface area contributed by atoms with E-state index in [4.69, 9.17) is 0 Å². The molecule has 0 amide bonds. The molecular formula is C14H11N4O+. The first kappa shape index (κ1) is 10.3. The van der Waals surface area contributed by atoms with Gasteiger partial charge in [0, 0.05) is 6.07 Å². The van der Waals surface area contributed by atoms with E-state index in [0.717, 1.165) is 22.2 Å². The van der Waals surface area contributed by atoms with Gasteiger partial charge in [-0.3, -0.25) is 4.79 Å². The highest BCUT2D eigenvalue weighted by Gasteiger charge is 2.16. The Bertz CT molecular complexity index is 997. The number of H-pyrrole nitrogens is 1. The highest BCUT2D eigenvalue weighted by Crippen LogP contribution is 2.14. The number of nitrogens with one attached hydrogen (secondary N) is 1. The third kappa shape index (κ3) is 1.32. The van der Waals surface area contributed by atoms with Gasteiger partial charge in [0.1, 0.15) is 17.9 Å². The number of aryl methyl sites for hydroxylation is 1. The lowest BCUT2D eigenvalue weighted by molar-refractivity contribution is -0.644. The molecule has 1 N–H and O–H groups in total. The van der Waals surface area contributed by atoms with Crippen LogP contribution in [0.25, 0.3) is 27.8 Å². The van der Waals surface area contributed by atoms with Crippen molar-refractivity contribution in [2.45, 2.75) is 0 Å². The lowest BCUT2D eigenvalue weighted by Gasteiger charge is -2.00. The van der Waals surface area contributed by atoms with Gasteiger partial charge >= 0.3 is 5.65 Å². The molecule has 3 aromatic heterocycles. The maximum atomic E-state index is 12.1. The van der Waals surface area contributed by atoms with Crippen molar-refractivity contribution in [1.82, 2.24) is 14.4 Å². The number of benzene rings is 1. The first-order valence-electron chi connectivity index (χ1n) is 6.02. The van der Waals surface area contributed by atoms with Crippen molar-refractivity contribution < 1.29 is 4.57 Å². The lowest BCUT2D eigenvalue weighted by atomic mass is 10.3. The average molecular weight is 251 g/mol. The number of para-hydroxylation sites is 2. The van der Waals surface area contributed by atoms with E-state index in [1.54, 1.807) is 10.6 Å². The maximum absolute atomic E-state index is 12.1. The molecule has 0 spiro atoms. The first-order chi connectivity index (χ1) is 9.24. The molecule has 0 saturated carbocycles. The van der Waals surface area contributed by atoms with E-state index in [0.29, 0.717) is 5.65 Å². The smallest absolute Gasteiger partial charge is 0.336 e. The number of aromatic nitrogens is 4. The molecule has 0 aliphatic heterocycles. The summed E-state index contributed by atoms with van der Waals surface area (Å²) in [6.45, 7) is 0. The molecule has 3 heterocycles. The monoisotopic (exact) mass is 251 g/mol. The van der Waals surface area contributed by atoms with E-state index in [-0.39, 0.29) is 5.43 Å². The van der Waals surface area contributed by atoms with Crippen molar-refractivity contribution in [1.29, 1.82) is 0 Å². The number of imidazole rings is 1. The third-order valence-corrected chi connectivity index (χ3v) is 3.37. The molecule has 0 radical (unpaired) electrons. The summed E-state index contributed by atoms with van der Waals surface area (Å²) in [5.41, 5.74) is 3.90. The molecule has 5 heteroatoms. The zero-order valence-electron chi connectivity index (χ0n) is 10.3. The van der Waals surface area contributed by atoms with Crippen molar-refractivity contribution in [3.8, 4) is 0 Å². The SMILES string of the molecule is C[n+]1ccn2c3nc4ccccc4[nH]c3cc(=O)c21. The Kier molecular flexibility index (Phi) is 1.84. The van der Waals surface area contributed by atoms with Crippen LogP contribution in [0.4, 0.5) is 0 Å². The molecule has 0 aliphatic rings. The van der Waals surface area contributed by atoms with Crippen molar-refractivity contribution in [3.63, 3.8) is 0 Å². The molecule has 0 saturated heterocycles. The van der Waals surface area contributed by atoms with E-state index >= 15 is 0 Å². The van der Waals surface area contributed by atoms with Crippen LogP contribution in [0.15, 0.2) is 47.5 Å². The number of rotatable bonds is 0. The fourth-order valence-corrected chi connectivity index (χ4v) is 2.47. The van der Waals surface area contributed by atoms with E-state index in [1.165, 1.54) is 0 Å². The van der Waals surface area contributed by atoms with Gasteiger partial charge < -0.3 is 4.98 Å². The summed E-state index contributed by atoms with van der Waals surface area (Å²) in [6, 6.07) is 9.39. The molecule has 4 rings (SSSR count). The fourth-order valence-electron chi connectivity index (χ4n) is 2.47. The first-order valence-corrected chi connectivity index (χ1v) is 6.02. The van der Waals surface area contributed by atoms with Crippen LogP contribution in [-0.4, -0.2) is 14.4 Å². The fraction of sp³-hybridized carbons (Fsp3) is 0.0714. The molecule has 0 atom stereocenters. The number of aromatic amines is 1. The molecular weight excluding hydrogens is 240 g/mol. The summed E-state index contributed by atoms with van der Waals surface area (Å²) in [7, 11) is 1.85. The highest BCUT2D eigenvalue weighted by atomic mass is 16.1. The second-order valence-electron chi connectivity index (χ2n) is 4.60. The van der Waals surface area contributed by atoms with Gasteiger partial charge in [-0.2, -0.15) is 4.40 Å². The van der Waals surface area contributed by atoms with Crippen LogP contribution >= 0.6 is 0 Å². The maximum Gasteiger partial charge on any atom is 0.336 e. The van der Waals surface area contributed by atoms with E-state index < -0.39 is 0 Å². The molecule has 92 valence electrons. The van der Waals surface area contributed by atoms with Crippen LogP contribution < -0.4 is 10.00 Å². The summed E-state index contributed by atoms with van der Waals surface area (Å²) in [4.78, 5) is 20.0. The minimum absolute atomic E-state index is 0.0201. The number of hydrogen-bond acceptors (Lipinski definition) is 2. The largest absolute Gasteiger partial charge is 0.349 e. The molecule has 4 aromatic rings. The predicted octanol–water partition coefficient (Wildman–Crippen LogP) is 1.15. The van der Waals surface area contributed by atoms with E-state index in [1.807, 2.05) is 48.1 Å². The van der Waals surface area contributed by atoms with Crippen molar-refractivity contribution >= 4 is 27.8 Å². The number of pyridine rings is 1. The molecule has 0 bridgehead atoms. The van der Waals surface area contributed by atoms with Crippen molar-refractivity contribution in [3.05, 3.63) is 52.9 Å². The summed E-state index contributed by atoms with van der Waals surface area (Å²) >= 11 is 0. The van der Waals surface area contributed by atoms with Crippen LogP contribution in [0, 0.1) is 0 Å². The predicted molar refractivity (Wildman–Crippen MR) is 72.0 cm³/mol. The Morgan fingerprint density at radius 2 is 2.11 bits per heavy atom. The average Bonchev–Trinajstić information content (AvgIpc) is 2.80. The standard InChI is InChI=1S/C14H10N4O/c1-17-6-7-18-13-11(8-12(19)14(17)18)15-9-4-2-3-5-10(9)16-13/h2-8H,1H3/p+1. The quantitative estimate of drug-likeness (QED) is 0.376. The Hall–Kier alpha value is -2.69. The zero-order chi connectivity index (χ0) is 13.0. The van der Waals surface area contributed by atoms with E-state index in [2.05, 4.69) is 9.97 Å². The number of hydrogen-bond donors (Lipinski definition) is 1. The van der Waals surface area contributed by atoms with Crippen LogP contribution in [-0.2, 0) is 7.05 Å². The number of fused-ring (bicyclic) bond motifs is 4. The van der Waals surface area contributed by atoms with Gasteiger partial charge in [-0.15, -0.1) is 0 Å². The normalized spacial score (nSPS) is 11.6. The zero-order valence-corrected chi connectivity index (χ0v) is 10.3. The molecule has 1 aromatic carbocycles. The number of nitrogens with zero attached hydrogens (tertiary/aromatic N) is 3. The van der Waals surface area contributed by atoms with Crippen LogP contribution in [0.5, 0.6) is 0 Å². The summed E-state index contributed by atoms with van der Waals surface area (Å²) < 4.78 is 3.62. The van der Waals surface area contributed by atoms with Crippen molar-refractivity contribution in [2.75, 3.05) is 0 Å². The highest BCUT2D eigenvalue weighted by molar-refractivity contribution is 5.85. The second-order valence-corrected chi connectivity index (χ2v) is 4.60. The van der Waals surface area contributed by atoms with Crippen LogP contribution in [0.1, 0.15) is 0 Å². The van der Waals surface area contributed by atoms with Gasteiger partial charge in [-0.25, -0.2) is 9.55 Å². The van der Waals surface area contributed by atoms with Gasteiger partial charge in [0.15, 0.2) is 0 Å². The summed E-state index contributed by atoms with van der Waals surface area (Å²) in [5.74, 6) is 0. The van der Waals surface area contributed by atoms with E-state index in [9.17, 15) is 4.79 Å². The topological polar surface area (TPSA) is 54.0 Å². The van der Waals surface area contributed by atoms with Crippen molar-refractivity contribution in [2.24, 2.45) is 7.05 Å².